The van der Waals surface area contributed by atoms with Crippen LogP contribution in [0.25, 0.3) is 0 Å². The van der Waals surface area contributed by atoms with Crippen molar-refractivity contribution in [1.29, 1.82) is 0 Å². The molecule has 0 aliphatic carbocycles. The van der Waals surface area contributed by atoms with Crippen molar-refractivity contribution in [2.75, 3.05) is 18.4 Å². The molecule has 1 saturated heterocycles. The molecule has 1 unspecified atom stereocenters. The maximum Gasteiger partial charge on any atom is 0.229 e. The molecule has 2 amide bonds. The van der Waals surface area contributed by atoms with Crippen LogP contribution in [0, 0.1) is 11.7 Å². The minimum atomic E-state index is -0.412. The molecule has 0 radical (unpaired) electrons. The zero-order chi connectivity index (χ0) is 18.7. The van der Waals surface area contributed by atoms with Gasteiger partial charge < -0.3 is 10.2 Å². The molecule has 0 aromatic heterocycles. The summed E-state index contributed by atoms with van der Waals surface area (Å²) < 4.78 is 12.9. The summed E-state index contributed by atoms with van der Waals surface area (Å²) in [6, 6.07) is 11.0. The minimum Gasteiger partial charge on any atom is -0.342 e. The summed E-state index contributed by atoms with van der Waals surface area (Å²) in [5.74, 6) is -0.974. The van der Waals surface area contributed by atoms with Gasteiger partial charge in [0.05, 0.1) is 16.0 Å². The standard InChI is InChI=1S/C19H17Cl2FN2O2/c20-16-6-5-15(10-17(16)21)23-19(26)13-9-18(25)24(11-13)8-7-12-1-3-14(22)4-2-12/h1-6,10,13H,7-9,11H2,(H,23,26). The van der Waals surface area contributed by atoms with E-state index in [-0.39, 0.29) is 24.1 Å². The zero-order valence-electron chi connectivity index (χ0n) is 13.8. The van der Waals surface area contributed by atoms with Crippen LogP contribution in [0.1, 0.15) is 12.0 Å². The van der Waals surface area contributed by atoms with E-state index in [4.69, 9.17) is 23.2 Å². The number of hydrogen-bond donors (Lipinski definition) is 1. The molecule has 1 aliphatic heterocycles. The van der Waals surface area contributed by atoms with E-state index in [1.165, 1.54) is 12.1 Å². The molecule has 0 spiro atoms. The monoisotopic (exact) mass is 394 g/mol. The lowest BCUT2D eigenvalue weighted by atomic mass is 10.1. The summed E-state index contributed by atoms with van der Waals surface area (Å²) in [5.41, 5.74) is 1.49. The van der Waals surface area contributed by atoms with E-state index in [0.717, 1.165) is 5.56 Å². The average Bonchev–Trinajstić information content (AvgIpc) is 2.99. The maximum absolute atomic E-state index is 12.9. The first kappa shape index (κ1) is 18.7. The number of rotatable bonds is 5. The number of carbonyl (C=O) groups is 2. The zero-order valence-corrected chi connectivity index (χ0v) is 15.4. The first-order valence-electron chi connectivity index (χ1n) is 8.20. The van der Waals surface area contributed by atoms with Gasteiger partial charge in [-0.1, -0.05) is 35.3 Å². The summed E-state index contributed by atoms with van der Waals surface area (Å²) in [6.07, 6.45) is 0.795. The van der Waals surface area contributed by atoms with Gasteiger partial charge in [-0.25, -0.2) is 4.39 Å². The molecule has 2 aromatic carbocycles. The topological polar surface area (TPSA) is 49.4 Å². The van der Waals surface area contributed by atoms with Crippen LogP contribution in [0.4, 0.5) is 10.1 Å². The van der Waals surface area contributed by atoms with Crippen LogP contribution in [0.5, 0.6) is 0 Å². The van der Waals surface area contributed by atoms with E-state index >= 15 is 0 Å². The molecule has 26 heavy (non-hydrogen) atoms. The lowest BCUT2D eigenvalue weighted by Gasteiger charge is -2.16. The van der Waals surface area contributed by atoms with E-state index in [2.05, 4.69) is 5.32 Å². The highest BCUT2D eigenvalue weighted by atomic mass is 35.5. The van der Waals surface area contributed by atoms with Gasteiger partial charge in [0.1, 0.15) is 5.82 Å². The van der Waals surface area contributed by atoms with Gasteiger partial charge in [-0.15, -0.1) is 0 Å². The number of nitrogens with one attached hydrogen (secondary N) is 1. The van der Waals surface area contributed by atoms with E-state index in [1.54, 1.807) is 35.2 Å². The molecule has 1 heterocycles. The van der Waals surface area contributed by atoms with E-state index < -0.39 is 5.92 Å². The Kier molecular flexibility index (Phi) is 5.79. The quantitative estimate of drug-likeness (QED) is 0.827. The third-order valence-electron chi connectivity index (χ3n) is 4.36. The molecule has 3 rings (SSSR count). The summed E-state index contributed by atoms with van der Waals surface area (Å²) in [7, 11) is 0. The summed E-state index contributed by atoms with van der Waals surface area (Å²) in [6.45, 7) is 0.869. The fraction of sp³-hybridized carbons (Fsp3) is 0.263. The number of anilines is 1. The number of likely N-dealkylation sites (tertiary alicyclic amines) is 1. The van der Waals surface area contributed by atoms with E-state index in [9.17, 15) is 14.0 Å². The normalized spacial score (nSPS) is 16.8. The smallest absolute Gasteiger partial charge is 0.229 e. The fourth-order valence-electron chi connectivity index (χ4n) is 2.90. The van der Waals surface area contributed by atoms with Crippen LogP contribution < -0.4 is 5.32 Å². The number of benzene rings is 2. The molecule has 0 bridgehead atoms. The lowest BCUT2D eigenvalue weighted by molar-refractivity contribution is -0.128. The molecular weight excluding hydrogens is 378 g/mol. The van der Waals surface area contributed by atoms with Gasteiger partial charge in [-0.05, 0) is 42.3 Å². The van der Waals surface area contributed by atoms with Crippen LogP contribution in [0.2, 0.25) is 10.0 Å². The molecule has 2 aromatic rings. The van der Waals surface area contributed by atoms with Gasteiger partial charge in [0.15, 0.2) is 0 Å². The Morgan fingerprint density at radius 1 is 1.15 bits per heavy atom. The first-order valence-corrected chi connectivity index (χ1v) is 8.96. The third-order valence-corrected chi connectivity index (χ3v) is 5.10. The fourth-order valence-corrected chi connectivity index (χ4v) is 3.20. The maximum atomic E-state index is 12.9. The van der Waals surface area contributed by atoms with Gasteiger partial charge in [0.25, 0.3) is 0 Å². The second-order valence-corrected chi connectivity index (χ2v) is 7.05. The molecular formula is C19H17Cl2FN2O2. The van der Waals surface area contributed by atoms with Gasteiger partial charge >= 0.3 is 0 Å². The van der Waals surface area contributed by atoms with Crippen LogP contribution in [-0.4, -0.2) is 29.8 Å². The molecule has 0 saturated carbocycles. The molecule has 1 fully saturated rings. The molecule has 1 aliphatic rings. The van der Waals surface area contributed by atoms with Crippen molar-refractivity contribution in [2.45, 2.75) is 12.8 Å². The summed E-state index contributed by atoms with van der Waals surface area (Å²) in [5, 5.41) is 3.53. The molecule has 1 N–H and O–H groups in total. The van der Waals surface area contributed by atoms with Crippen molar-refractivity contribution in [1.82, 2.24) is 4.90 Å². The Hall–Kier alpha value is -2.11. The van der Waals surface area contributed by atoms with Gasteiger partial charge in [-0.2, -0.15) is 0 Å². The van der Waals surface area contributed by atoms with Crippen molar-refractivity contribution in [2.24, 2.45) is 5.92 Å². The molecule has 136 valence electrons. The lowest BCUT2D eigenvalue weighted by Crippen LogP contribution is -2.30. The Bertz CT molecular complexity index is 827. The van der Waals surface area contributed by atoms with Crippen molar-refractivity contribution in [3.63, 3.8) is 0 Å². The predicted octanol–water partition coefficient (Wildman–Crippen LogP) is 4.16. The van der Waals surface area contributed by atoms with Gasteiger partial charge in [0.2, 0.25) is 11.8 Å². The van der Waals surface area contributed by atoms with Crippen molar-refractivity contribution >= 4 is 40.7 Å². The second kappa shape index (κ2) is 8.06. The Morgan fingerprint density at radius 2 is 1.88 bits per heavy atom. The molecule has 1 atom stereocenters. The number of halogens is 3. The molecule has 7 heteroatoms. The number of carbonyl (C=O) groups excluding carboxylic acids is 2. The number of amides is 2. The van der Waals surface area contributed by atoms with Crippen LogP contribution >= 0.6 is 23.2 Å². The summed E-state index contributed by atoms with van der Waals surface area (Å²) >= 11 is 11.8. The Labute approximate surface area is 160 Å². The van der Waals surface area contributed by atoms with E-state index in [1.807, 2.05) is 0 Å². The Balaban J connectivity index is 1.55. The average molecular weight is 395 g/mol. The Morgan fingerprint density at radius 3 is 2.58 bits per heavy atom. The first-order chi connectivity index (χ1) is 12.4. The van der Waals surface area contributed by atoms with Crippen LogP contribution in [-0.2, 0) is 16.0 Å². The van der Waals surface area contributed by atoms with Crippen molar-refractivity contribution in [3.05, 3.63) is 63.9 Å². The second-order valence-electron chi connectivity index (χ2n) is 6.24. The third kappa shape index (κ3) is 4.54. The van der Waals surface area contributed by atoms with E-state index in [0.29, 0.717) is 35.2 Å². The van der Waals surface area contributed by atoms with Crippen LogP contribution in [0.3, 0.4) is 0 Å². The number of nitrogens with zero attached hydrogens (tertiary/aromatic N) is 1. The van der Waals surface area contributed by atoms with Gasteiger partial charge in [0, 0.05) is 25.2 Å². The highest BCUT2D eigenvalue weighted by molar-refractivity contribution is 6.42. The van der Waals surface area contributed by atoms with Crippen molar-refractivity contribution < 1.29 is 14.0 Å². The van der Waals surface area contributed by atoms with Crippen molar-refractivity contribution in [3.8, 4) is 0 Å². The highest BCUT2D eigenvalue weighted by Gasteiger charge is 2.34. The largest absolute Gasteiger partial charge is 0.342 e. The highest BCUT2D eigenvalue weighted by Crippen LogP contribution is 2.26. The summed E-state index contributed by atoms with van der Waals surface area (Å²) in [4.78, 5) is 26.2. The van der Waals surface area contributed by atoms with Gasteiger partial charge in [-0.3, -0.25) is 9.59 Å². The molecule has 4 nitrogen and oxygen atoms in total. The number of hydrogen-bond acceptors (Lipinski definition) is 2. The predicted molar refractivity (Wildman–Crippen MR) is 99.9 cm³/mol. The SMILES string of the molecule is O=C(Nc1ccc(Cl)c(Cl)c1)C1CC(=O)N(CCc2ccc(F)cc2)C1. The van der Waals surface area contributed by atoms with Crippen LogP contribution in [0.15, 0.2) is 42.5 Å². The minimum absolute atomic E-state index is 0.0543.